The number of carbonyl (C=O) groups is 3. The molecule has 1 rings (SSSR count). The first kappa shape index (κ1) is 17.1. The van der Waals surface area contributed by atoms with Crippen molar-refractivity contribution in [3.63, 3.8) is 0 Å². The molecule has 1 unspecified atom stereocenters. The summed E-state index contributed by atoms with van der Waals surface area (Å²) < 4.78 is 37.8. The molecule has 1 aliphatic rings. The third kappa shape index (κ3) is 5.12. The monoisotopic (exact) mass is 312 g/mol. The third-order valence-electron chi connectivity index (χ3n) is 3.15. The Labute approximate surface area is 117 Å². The fourth-order valence-corrected chi connectivity index (χ4v) is 2.04. The van der Waals surface area contributed by atoms with Gasteiger partial charge < -0.3 is 20.4 Å². The smallest absolute Gasteiger partial charge is 0.393 e. The van der Waals surface area contributed by atoms with Gasteiger partial charge in [0.25, 0.3) is 0 Å². The fourth-order valence-electron chi connectivity index (χ4n) is 2.04. The third-order valence-corrected chi connectivity index (χ3v) is 3.15. The van der Waals surface area contributed by atoms with Crippen LogP contribution >= 0.6 is 0 Å². The van der Waals surface area contributed by atoms with E-state index in [1.807, 2.05) is 5.32 Å². The summed E-state index contributed by atoms with van der Waals surface area (Å²) >= 11 is 0. The van der Waals surface area contributed by atoms with E-state index in [1.54, 1.807) is 0 Å². The van der Waals surface area contributed by atoms with Crippen molar-refractivity contribution in [1.82, 2.24) is 10.2 Å². The number of hydrogen-bond acceptors (Lipinski definition) is 3. The highest BCUT2D eigenvalue weighted by atomic mass is 19.4. The van der Waals surface area contributed by atoms with Crippen LogP contribution in [0.15, 0.2) is 0 Å². The molecule has 0 aromatic carbocycles. The van der Waals surface area contributed by atoms with Crippen molar-refractivity contribution < 1.29 is 37.8 Å². The lowest BCUT2D eigenvalue weighted by molar-refractivity contribution is -0.184. The number of nitrogens with one attached hydrogen (secondary N) is 1. The van der Waals surface area contributed by atoms with E-state index < -0.39 is 49.1 Å². The molecule has 0 radical (unpaired) electrons. The second kappa shape index (κ2) is 6.64. The summed E-state index contributed by atoms with van der Waals surface area (Å²) in [6.45, 7) is -0.493. The van der Waals surface area contributed by atoms with Gasteiger partial charge in [-0.15, -0.1) is 0 Å². The van der Waals surface area contributed by atoms with Crippen molar-refractivity contribution in [2.24, 2.45) is 5.92 Å². The van der Waals surface area contributed by atoms with Crippen LogP contribution in [0.4, 0.5) is 18.0 Å². The Morgan fingerprint density at radius 2 is 1.90 bits per heavy atom. The van der Waals surface area contributed by atoms with E-state index in [-0.39, 0.29) is 19.4 Å². The molecule has 1 aliphatic heterocycles. The molecule has 0 aromatic rings. The van der Waals surface area contributed by atoms with Gasteiger partial charge in [-0.05, 0) is 12.8 Å². The van der Waals surface area contributed by atoms with E-state index in [0.717, 1.165) is 4.90 Å². The number of nitrogens with zero attached hydrogens (tertiary/aromatic N) is 1. The Morgan fingerprint density at radius 3 is 2.38 bits per heavy atom. The van der Waals surface area contributed by atoms with Gasteiger partial charge in [0, 0.05) is 13.1 Å². The average molecular weight is 312 g/mol. The first-order valence-electron chi connectivity index (χ1n) is 6.18. The number of carbonyl (C=O) groups excluding carboxylic acids is 1. The zero-order valence-electron chi connectivity index (χ0n) is 10.9. The Hall–Kier alpha value is -2.00. The predicted molar refractivity (Wildman–Crippen MR) is 62.6 cm³/mol. The van der Waals surface area contributed by atoms with Gasteiger partial charge in [-0.1, -0.05) is 0 Å². The quantitative estimate of drug-likeness (QED) is 0.715. The Morgan fingerprint density at radius 1 is 1.29 bits per heavy atom. The highest BCUT2D eigenvalue weighted by Crippen LogP contribution is 2.33. The molecule has 0 bridgehead atoms. The number of likely N-dealkylation sites (tertiary alicyclic amines) is 1. The van der Waals surface area contributed by atoms with Crippen LogP contribution in [0.2, 0.25) is 0 Å². The number of piperidine rings is 1. The van der Waals surface area contributed by atoms with Crippen LogP contribution in [0.1, 0.15) is 19.3 Å². The summed E-state index contributed by atoms with van der Waals surface area (Å²) in [6.07, 6.45) is -5.22. The van der Waals surface area contributed by atoms with Gasteiger partial charge in [0.15, 0.2) is 0 Å². The topological polar surface area (TPSA) is 107 Å². The van der Waals surface area contributed by atoms with Gasteiger partial charge in [0.1, 0.15) is 6.04 Å². The number of carboxylic acid groups (broad SMARTS) is 2. The minimum atomic E-state index is -4.42. The predicted octanol–water partition coefficient (Wildman–Crippen LogP) is 0.898. The van der Waals surface area contributed by atoms with E-state index in [1.165, 1.54) is 0 Å². The molecule has 0 aromatic heterocycles. The summed E-state index contributed by atoms with van der Waals surface area (Å²) in [6, 6.07) is -2.68. The molecular formula is C11H15F3N2O5. The average Bonchev–Trinajstić information content (AvgIpc) is 2.36. The standard InChI is InChI=1S/C11H15F3N2O5/c12-11(13,14)6-2-1-3-16(5-6)10(21)15-7(9(19)20)4-8(17)18/h6-7H,1-5H2,(H,15,21)(H,17,18)(H,19,20)/t6?,7-/m0/s1. The van der Waals surface area contributed by atoms with Crippen LogP contribution in [0.3, 0.4) is 0 Å². The molecule has 1 fully saturated rings. The molecule has 21 heavy (non-hydrogen) atoms. The molecular weight excluding hydrogens is 297 g/mol. The molecule has 1 saturated heterocycles. The Kier molecular flexibility index (Phi) is 5.39. The van der Waals surface area contributed by atoms with Gasteiger partial charge in [0.05, 0.1) is 12.3 Å². The van der Waals surface area contributed by atoms with Gasteiger partial charge in [-0.25, -0.2) is 9.59 Å². The lowest BCUT2D eigenvalue weighted by Crippen LogP contribution is -2.52. The van der Waals surface area contributed by atoms with Gasteiger partial charge in [-0.2, -0.15) is 13.2 Å². The largest absolute Gasteiger partial charge is 0.481 e. The van der Waals surface area contributed by atoms with Crippen molar-refractivity contribution in [2.45, 2.75) is 31.5 Å². The zero-order chi connectivity index (χ0) is 16.2. The van der Waals surface area contributed by atoms with Crippen LogP contribution in [0, 0.1) is 5.92 Å². The highest BCUT2D eigenvalue weighted by Gasteiger charge is 2.43. The molecule has 2 atom stereocenters. The zero-order valence-corrected chi connectivity index (χ0v) is 10.9. The maximum atomic E-state index is 12.6. The maximum absolute atomic E-state index is 12.6. The van der Waals surface area contributed by atoms with Crippen molar-refractivity contribution in [1.29, 1.82) is 0 Å². The molecule has 0 aliphatic carbocycles. The highest BCUT2D eigenvalue weighted by molar-refractivity contribution is 5.86. The summed E-state index contributed by atoms with van der Waals surface area (Å²) in [5, 5.41) is 19.2. The van der Waals surface area contributed by atoms with E-state index in [9.17, 15) is 27.6 Å². The minimum Gasteiger partial charge on any atom is -0.481 e. The van der Waals surface area contributed by atoms with Crippen LogP contribution in [0.5, 0.6) is 0 Å². The normalized spacial score (nSPS) is 20.7. The van der Waals surface area contributed by atoms with Gasteiger partial charge >= 0.3 is 24.1 Å². The lowest BCUT2D eigenvalue weighted by Gasteiger charge is -2.34. The Bertz CT molecular complexity index is 427. The summed E-state index contributed by atoms with van der Waals surface area (Å²) in [5.41, 5.74) is 0. The lowest BCUT2D eigenvalue weighted by atomic mass is 9.98. The molecule has 3 N–H and O–H groups in total. The molecule has 1 heterocycles. The number of rotatable bonds is 4. The number of aliphatic carboxylic acids is 2. The first-order valence-corrected chi connectivity index (χ1v) is 6.18. The summed E-state index contributed by atoms with van der Waals surface area (Å²) in [5.74, 6) is -4.65. The molecule has 7 nitrogen and oxygen atoms in total. The van der Waals surface area contributed by atoms with Crippen LogP contribution in [-0.4, -0.2) is 58.4 Å². The van der Waals surface area contributed by atoms with E-state index in [2.05, 4.69) is 0 Å². The molecule has 0 spiro atoms. The number of halogens is 3. The van der Waals surface area contributed by atoms with E-state index >= 15 is 0 Å². The first-order chi connectivity index (χ1) is 9.61. The second-order valence-electron chi connectivity index (χ2n) is 4.76. The SMILES string of the molecule is O=C(O)C[C@H](NC(=O)N1CCCC(C(F)(F)F)C1)C(=O)O. The summed E-state index contributed by atoms with van der Waals surface area (Å²) in [7, 11) is 0. The summed E-state index contributed by atoms with van der Waals surface area (Å²) in [4.78, 5) is 33.9. The number of alkyl halides is 3. The molecule has 0 saturated carbocycles. The van der Waals surface area contributed by atoms with Gasteiger partial charge in [0.2, 0.25) is 0 Å². The fraction of sp³-hybridized carbons (Fsp3) is 0.727. The molecule has 120 valence electrons. The number of carboxylic acids is 2. The second-order valence-corrected chi connectivity index (χ2v) is 4.76. The van der Waals surface area contributed by atoms with E-state index in [4.69, 9.17) is 10.2 Å². The molecule has 2 amide bonds. The number of urea groups is 1. The van der Waals surface area contributed by atoms with Gasteiger partial charge in [-0.3, -0.25) is 4.79 Å². The van der Waals surface area contributed by atoms with Crippen LogP contribution in [-0.2, 0) is 9.59 Å². The minimum absolute atomic E-state index is 0.0673. The van der Waals surface area contributed by atoms with Crippen molar-refractivity contribution in [2.75, 3.05) is 13.1 Å². The van der Waals surface area contributed by atoms with Crippen LogP contribution < -0.4 is 5.32 Å². The molecule has 10 heteroatoms. The van der Waals surface area contributed by atoms with E-state index in [0.29, 0.717) is 0 Å². The maximum Gasteiger partial charge on any atom is 0.393 e. The van der Waals surface area contributed by atoms with Crippen molar-refractivity contribution in [3.05, 3.63) is 0 Å². The van der Waals surface area contributed by atoms with Crippen molar-refractivity contribution >= 4 is 18.0 Å². The van der Waals surface area contributed by atoms with Crippen molar-refractivity contribution in [3.8, 4) is 0 Å². The Balaban J connectivity index is 2.65. The number of hydrogen-bond donors (Lipinski definition) is 3. The number of amides is 2. The van der Waals surface area contributed by atoms with Crippen LogP contribution in [0.25, 0.3) is 0 Å².